The number of aromatic nitrogens is 2. The summed E-state index contributed by atoms with van der Waals surface area (Å²) in [5.74, 6) is 0.722. The second-order valence-corrected chi connectivity index (χ2v) is 5.15. The number of hydrogen-bond donors (Lipinski definition) is 1. The maximum absolute atomic E-state index is 6.20. The van der Waals surface area contributed by atoms with Crippen molar-refractivity contribution >= 4 is 21.6 Å². The smallest absolute Gasteiger partial charge is 0.127 e. The average Bonchev–Trinajstić information content (AvgIpc) is 3.05. The number of fused-ring (bicyclic) bond motifs is 1. The number of rotatable bonds is 3. The number of nitrogens with two attached hydrogens (primary N) is 1. The summed E-state index contributed by atoms with van der Waals surface area (Å²) >= 11 is 1.69. The van der Waals surface area contributed by atoms with Gasteiger partial charge in [0, 0.05) is 10.3 Å². The van der Waals surface area contributed by atoms with Crippen molar-refractivity contribution < 1.29 is 4.42 Å². The monoisotopic (exact) mass is 259 g/mol. The molecule has 0 aromatic carbocycles. The molecular formula is C13H13N3OS. The van der Waals surface area contributed by atoms with Crippen molar-refractivity contribution in [2.24, 2.45) is 5.73 Å². The van der Waals surface area contributed by atoms with E-state index in [-0.39, 0.29) is 6.04 Å². The molecule has 5 heteroatoms. The van der Waals surface area contributed by atoms with Crippen molar-refractivity contribution in [1.82, 2.24) is 9.97 Å². The van der Waals surface area contributed by atoms with Gasteiger partial charge in [-0.3, -0.25) is 0 Å². The SMILES string of the molecule is CCc1cc2c(C(N)c3ccco3)ncnc2s1. The number of nitrogens with zero attached hydrogens (tertiary/aromatic N) is 2. The van der Waals surface area contributed by atoms with Crippen LogP contribution in [0.25, 0.3) is 10.2 Å². The predicted octanol–water partition coefficient (Wildman–Crippen LogP) is 2.89. The summed E-state index contributed by atoms with van der Waals surface area (Å²) < 4.78 is 5.35. The van der Waals surface area contributed by atoms with E-state index in [4.69, 9.17) is 10.2 Å². The van der Waals surface area contributed by atoms with Crippen molar-refractivity contribution in [3.63, 3.8) is 0 Å². The molecule has 18 heavy (non-hydrogen) atoms. The van der Waals surface area contributed by atoms with Gasteiger partial charge in [-0.1, -0.05) is 6.92 Å². The third-order valence-corrected chi connectivity index (χ3v) is 4.09. The molecule has 0 spiro atoms. The van der Waals surface area contributed by atoms with Gasteiger partial charge in [-0.25, -0.2) is 9.97 Å². The molecule has 3 heterocycles. The largest absolute Gasteiger partial charge is 0.467 e. The van der Waals surface area contributed by atoms with E-state index in [9.17, 15) is 0 Å². The molecule has 0 amide bonds. The maximum Gasteiger partial charge on any atom is 0.127 e. The van der Waals surface area contributed by atoms with E-state index < -0.39 is 0 Å². The van der Waals surface area contributed by atoms with Crippen molar-refractivity contribution in [2.45, 2.75) is 19.4 Å². The van der Waals surface area contributed by atoms with Gasteiger partial charge in [0.05, 0.1) is 12.0 Å². The highest BCUT2D eigenvalue weighted by Crippen LogP contribution is 2.30. The Morgan fingerprint density at radius 2 is 2.33 bits per heavy atom. The van der Waals surface area contributed by atoms with E-state index in [1.807, 2.05) is 12.1 Å². The van der Waals surface area contributed by atoms with Crippen LogP contribution in [0.2, 0.25) is 0 Å². The van der Waals surface area contributed by atoms with Crippen LogP contribution in [0.4, 0.5) is 0 Å². The highest BCUT2D eigenvalue weighted by Gasteiger charge is 2.18. The minimum atomic E-state index is -0.343. The Bertz CT molecular complexity index is 660. The maximum atomic E-state index is 6.20. The lowest BCUT2D eigenvalue weighted by Gasteiger charge is -2.08. The lowest BCUT2D eigenvalue weighted by molar-refractivity contribution is 0.487. The van der Waals surface area contributed by atoms with Crippen molar-refractivity contribution in [1.29, 1.82) is 0 Å². The number of aryl methyl sites for hydroxylation is 1. The highest BCUT2D eigenvalue weighted by atomic mass is 32.1. The quantitative estimate of drug-likeness (QED) is 0.785. The highest BCUT2D eigenvalue weighted by molar-refractivity contribution is 7.18. The van der Waals surface area contributed by atoms with Crippen LogP contribution in [0.1, 0.15) is 29.3 Å². The zero-order valence-corrected chi connectivity index (χ0v) is 10.8. The summed E-state index contributed by atoms with van der Waals surface area (Å²) in [6.45, 7) is 2.13. The summed E-state index contributed by atoms with van der Waals surface area (Å²) in [7, 11) is 0. The van der Waals surface area contributed by atoms with Crippen LogP contribution in [0.15, 0.2) is 35.2 Å². The molecule has 3 rings (SSSR count). The van der Waals surface area contributed by atoms with Gasteiger partial charge in [0.1, 0.15) is 23.0 Å². The van der Waals surface area contributed by atoms with Gasteiger partial charge in [0.2, 0.25) is 0 Å². The molecule has 0 bridgehead atoms. The lowest BCUT2D eigenvalue weighted by Crippen LogP contribution is -2.13. The van der Waals surface area contributed by atoms with Gasteiger partial charge >= 0.3 is 0 Å². The fourth-order valence-corrected chi connectivity index (χ4v) is 2.89. The molecule has 2 N–H and O–H groups in total. The van der Waals surface area contributed by atoms with Crippen molar-refractivity contribution in [3.05, 3.63) is 47.1 Å². The molecule has 0 aliphatic rings. The van der Waals surface area contributed by atoms with E-state index in [1.54, 1.807) is 23.9 Å². The fraction of sp³-hybridized carbons (Fsp3) is 0.231. The zero-order valence-electron chi connectivity index (χ0n) is 9.96. The van der Waals surface area contributed by atoms with E-state index >= 15 is 0 Å². The number of thiophene rings is 1. The van der Waals surface area contributed by atoms with Crippen LogP contribution in [0.3, 0.4) is 0 Å². The van der Waals surface area contributed by atoms with Gasteiger partial charge in [-0.2, -0.15) is 0 Å². The molecule has 0 fully saturated rings. The molecule has 3 aromatic rings. The Labute approximate surface area is 108 Å². The molecule has 0 aliphatic carbocycles. The van der Waals surface area contributed by atoms with Gasteiger partial charge in [0.15, 0.2) is 0 Å². The summed E-state index contributed by atoms with van der Waals surface area (Å²) in [4.78, 5) is 10.9. The first kappa shape index (κ1) is 11.4. The van der Waals surface area contributed by atoms with Gasteiger partial charge in [-0.05, 0) is 24.6 Å². The molecule has 1 unspecified atom stereocenters. The second kappa shape index (κ2) is 4.51. The normalized spacial score (nSPS) is 13.0. The minimum Gasteiger partial charge on any atom is -0.467 e. The van der Waals surface area contributed by atoms with Crippen LogP contribution < -0.4 is 5.73 Å². The van der Waals surface area contributed by atoms with Crippen molar-refractivity contribution in [3.8, 4) is 0 Å². The average molecular weight is 259 g/mol. The molecule has 92 valence electrons. The van der Waals surface area contributed by atoms with E-state index in [1.165, 1.54) is 4.88 Å². The number of furan rings is 1. The van der Waals surface area contributed by atoms with Gasteiger partial charge in [0.25, 0.3) is 0 Å². The first-order valence-corrected chi connectivity index (χ1v) is 6.63. The van der Waals surface area contributed by atoms with E-state index in [0.717, 1.165) is 28.1 Å². The first-order chi connectivity index (χ1) is 8.79. The first-order valence-electron chi connectivity index (χ1n) is 5.82. The summed E-state index contributed by atoms with van der Waals surface area (Å²) in [5, 5.41) is 1.03. The zero-order chi connectivity index (χ0) is 12.5. The van der Waals surface area contributed by atoms with Crippen LogP contribution >= 0.6 is 11.3 Å². The standard InChI is InChI=1S/C13H13N3OS/c1-2-8-6-9-12(15-7-16-13(9)18-8)11(14)10-4-3-5-17-10/h3-7,11H,2,14H2,1H3. The van der Waals surface area contributed by atoms with Crippen LogP contribution in [0, 0.1) is 0 Å². The molecular weight excluding hydrogens is 246 g/mol. The molecule has 1 atom stereocenters. The van der Waals surface area contributed by atoms with Crippen LogP contribution in [-0.4, -0.2) is 9.97 Å². The fourth-order valence-electron chi connectivity index (χ4n) is 1.95. The molecule has 0 saturated carbocycles. The van der Waals surface area contributed by atoms with Crippen LogP contribution in [-0.2, 0) is 6.42 Å². The van der Waals surface area contributed by atoms with Crippen molar-refractivity contribution in [2.75, 3.05) is 0 Å². The van der Waals surface area contributed by atoms with Gasteiger partial charge in [-0.15, -0.1) is 11.3 Å². The Balaban J connectivity index is 2.13. The summed E-state index contributed by atoms with van der Waals surface area (Å²) in [6, 6.07) is 5.48. The minimum absolute atomic E-state index is 0.343. The Kier molecular flexibility index (Phi) is 2.85. The Hall–Kier alpha value is -1.72. The topological polar surface area (TPSA) is 64.9 Å². The summed E-state index contributed by atoms with van der Waals surface area (Å²) in [6.07, 6.45) is 4.19. The number of hydrogen-bond acceptors (Lipinski definition) is 5. The summed E-state index contributed by atoms with van der Waals surface area (Å²) in [5.41, 5.74) is 7.02. The molecule has 0 saturated heterocycles. The van der Waals surface area contributed by atoms with E-state index in [2.05, 4.69) is 23.0 Å². The molecule has 4 nitrogen and oxygen atoms in total. The van der Waals surface area contributed by atoms with E-state index in [0.29, 0.717) is 0 Å². The van der Waals surface area contributed by atoms with Crippen LogP contribution in [0.5, 0.6) is 0 Å². The predicted molar refractivity (Wildman–Crippen MR) is 71.5 cm³/mol. The third-order valence-electron chi connectivity index (χ3n) is 2.90. The second-order valence-electron chi connectivity index (χ2n) is 4.04. The van der Waals surface area contributed by atoms with Gasteiger partial charge < -0.3 is 10.2 Å². The Morgan fingerprint density at radius 3 is 3.06 bits per heavy atom. The molecule has 3 aromatic heterocycles. The molecule has 0 aliphatic heterocycles. The lowest BCUT2D eigenvalue weighted by atomic mass is 10.1. The molecule has 0 radical (unpaired) electrons. The Morgan fingerprint density at radius 1 is 1.44 bits per heavy atom. The third kappa shape index (κ3) is 1.81.